The Morgan fingerprint density at radius 3 is 2.84 bits per heavy atom. The predicted octanol–water partition coefficient (Wildman–Crippen LogP) is -0.261. The molecule has 0 radical (unpaired) electrons. The van der Waals surface area contributed by atoms with E-state index in [4.69, 9.17) is 5.11 Å². The molecule has 0 spiro atoms. The molecule has 19 heavy (non-hydrogen) atoms. The van der Waals surface area contributed by atoms with Crippen molar-refractivity contribution in [2.75, 3.05) is 24.6 Å². The lowest BCUT2D eigenvalue weighted by Gasteiger charge is -2.19. The summed E-state index contributed by atoms with van der Waals surface area (Å²) in [6.07, 6.45) is 1.91. The lowest BCUT2D eigenvalue weighted by atomic mass is 10.2. The quantitative estimate of drug-likeness (QED) is 0.823. The molecule has 106 valence electrons. The predicted molar refractivity (Wildman–Crippen MR) is 68.7 cm³/mol. The second-order valence-electron chi connectivity index (χ2n) is 4.72. The Labute approximate surface area is 111 Å². The van der Waals surface area contributed by atoms with Crippen LogP contribution in [0.5, 0.6) is 0 Å². The van der Waals surface area contributed by atoms with E-state index in [2.05, 4.69) is 5.10 Å². The van der Waals surface area contributed by atoms with Crippen LogP contribution in [0.4, 0.5) is 0 Å². The molecular formula is C11H17N3O4S. The number of carboxylic acid groups (broad SMARTS) is 1. The van der Waals surface area contributed by atoms with Crippen molar-refractivity contribution in [3.63, 3.8) is 0 Å². The van der Waals surface area contributed by atoms with Gasteiger partial charge in [-0.3, -0.25) is 9.58 Å². The van der Waals surface area contributed by atoms with Gasteiger partial charge in [0.1, 0.15) is 5.56 Å². The van der Waals surface area contributed by atoms with Gasteiger partial charge in [-0.1, -0.05) is 0 Å². The Morgan fingerprint density at radius 1 is 1.42 bits per heavy atom. The fourth-order valence-corrected chi connectivity index (χ4v) is 3.50. The first-order valence-electron chi connectivity index (χ1n) is 6.06. The number of rotatable bonds is 3. The van der Waals surface area contributed by atoms with Crippen molar-refractivity contribution < 1.29 is 18.3 Å². The highest BCUT2D eigenvalue weighted by Gasteiger charge is 2.22. The maximum absolute atomic E-state index is 11.5. The molecule has 0 unspecified atom stereocenters. The maximum atomic E-state index is 11.5. The SMILES string of the molecule is Cn1ncc(C(=O)O)c1CN1CCCS(=O)(=O)CC1. The van der Waals surface area contributed by atoms with Gasteiger partial charge in [-0.2, -0.15) is 5.10 Å². The van der Waals surface area contributed by atoms with Crippen molar-refractivity contribution in [2.24, 2.45) is 7.05 Å². The Bertz CT molecular complexity index is 579. The molecule has 1 N–H and O–H groups in total. The van der Waals surface area contributed by atoms with Crippen LogP contribution < -0.4 is 0 Å². The van der Waals surface area contributed by atoms with Gasteiger partial charge in [0.15, 0.2) is 9.84 Å². The van der Waals surface area contributed by atoms with E-state index >= 15 is 0 Å². The van der Waals surface area contributed by atoms with Crippen LogP contribution in [0.2, 0.25) is 0 Å². The molecule has 0 saturated carbocycles. The normalized spacial score (nSPS) is 20.1. The van der Waals surface area contributed by atoms with Crippen LogP contribution in [-0.2, 0) is 23.4 Å². The number of sulfone groups is 1. The minimum Gasteiger partial charge on any atom is -0.478 e. The van der Waals surface area contributed by atoms with E-state index in [0.29, 0.717) is 31.7 Å². The van der Waals surface area contributed by atoms with E-state index in [9.17, 15) is 13.2 Å². The summed E-state index contributed by atoms with van der Waals surface area (Å²) in [7, 11) is -1.26. The van der Waals surface area contributed by atoms with Crippen LogP contribution in [-0.4, -0.2) is 58.8 Å². The van der Waals surface area contributed by atoms with Crippen LogP contribution >= 0.6 is 0 Å². The summed E-state index contributed by atoms with van der Waals surface area (Å²) in [6.45, 7) is 1.50. The molecular weight excluding hydrogens is 270 g/mol. The van der Waals surface area contributed by atoms with Crippen molar-refractivity contribution in [3.05, 3.63) is 17.5 Å². The van der Waals surface area contributed by atoms with Gasteiger partial charge in [0.05, 0.1) is 23.4 Å². The fourth-order valence-electron chi connectivity index (χ4n) is 2.19. The Balaban J connectivity index is 2.13. The molecule has 0 aromatic carbocycles. The monoisotopic (exact) mass is 287 g/mol. The molecule has 0 bridgehead atoms. The van der Waals surface area contributed by atoms with Gasteiger partial charge in [-0.25, -0.2) is 13.2 Å². The van der Waals surface area contributed by atoms with Gasteiger partial charge < -0.3 is 5.11 Å². The molecule has 1 aromatic rings. The Morgan fingerprint density at radius 2 is 2.16 bits per heavy atom. The Kier molecular flexibility index (Phi) is 3.91. The molecule has 1 saturated heterocycles. The first-order valence-corrected chi connectivity index (χ1v) is 7.88. The number of hydrogen-bond acceptors (Lipinski definition) is 5. The highest BCUT2D eigenvalue weighted by Crippen LogP contribution is 2.13. The number of aryl methyl sites for hydroxylation is 1. The number of carboxylic acids is 1. The number of nitrogens with zero attached hydrogens (tertiary/aromatic N) is 3. The molecule has 0 aliphatic carbocycles. The van der Waals surface area contributed by atoms with Crippen molar-refractivity contribution in [3.8, 4) is 0 Å². The second-order valence-corrected chi connectivity index (χ2v) is 7.02. The number of aromatic nitrogens is 2. The summed E-state index contributed by atoms with van der Waals surface area (Å²) < 4.78 is 24.6. The van der Waals surface area contributed by atoms with E-state index in [1.54, 1.807) is 7.05 Å². The first-order chi connectivity index (χ1) is 8.89. The van der Waals surface area contributed by atoms with Crippen molar-refractivity contribution in [1.82, 2.24) is 14.7 Å². The Hall–Kier alpha value is -1.41. The molecule has 2 heterocycles. The molecule has 1 aliphatic rings. The maximum Gasteiger partial charge on any atom is 0.339 e. The first kappa shape index (κ1) is 14.0. The van der Waals surface area contributed by atoms with E-state index in [1.807, 2.05) is 4.90 Å². The van der Waals surface area contributed by atoms with E-state index in [-0.39, 0.29) is 17.1 Å². The summed E-state index contributed by atoms with van der Waals surface area (Å²) in [5.41, 5.74) is 0.779. The highest BCUT2D eigenvalue weighted by molar-refractivity contribution is 7.91. The number of aromatic carboxylic acids is 1. The highest BCUT2D eigenvalue weighted by atomic mass is 32.2. The summed E-state index contributed by atoms with van der Waals surface area (Å²) in [4.78, 5) is 13.0. The topological polar surface area (TPSA) is 92.5 Å². The van der Waals surface area contributed by atoms with E-state index in [1.165, 1.54) is 10.9 Å². The molecule has 2 rings (SSSR count). The number of carbonyl (C=O) groups is 1. The smallest absolute Gasteiger partial charge is 0.339 e. The lowest BCUT2D eigenvalue weighted by Crippen LogP contribution is -2.28. The average Bonchev–Trinajstić information content (AvgIpc) is 2.58. The minimum absolute atomic E-state index is 0.132. The van der Waals surface area contributed by atoms with Crippen molar-refractivity contribution >= 4 is 15.8 Å². The molecule has 1 aliphatic heterocycles. The van der Waals surface area contributed by atoms with Crippen LogP contribution in [0.25, 0.3) is 0 Å². The van der Waals surface area contributed by atoms with Gasteiger partial charge in [0.25, 0.3) is 0 Å². The van der Waals surface area contributed by atoms with Crippen LogP contribution in [0.15, 0.2) is 6.20 Å². The standard InChI is InChI=1S/C11H17N3O4S/c1-13-10(9(7-12-13)11(15)16)8-14-3-2-5-19(17,18)6-4-14/h7H,2-6,8H2,1H3,(H,15,16). The molecule has 7 nitrogen and oxygen atoms in total. The summed E-state index contributed by atoms with van der Waals surface area (Å²) >= 11 is 0. The van der Waals surface area contributed by atoms with Crippen molar-refractivity contribution in [1.29, 1.82) is 0 Å². The molecule has 0 atom stereocenters. The molecule has 1 fully saturated rings. The van der Waals surface area contributed by atoms with Crippen LogP contribution in [0, 0.1) is 0 Å². The second kappa shape index (κ2) is 5.30. The van der Waals surface area contributed by atoms with Crippen LogP contribution in [0.1, 0.15) is 22.5 Å². The minimum atomic E-state index is -2.95. The third kappa shape index (κ3) is 3.32. The van der Waals surface area contributed by atoms with Gasteiger partial charge in [-0.15, -0.1) is 0 Å². The summed E-state index contributed by atoms with van der Waals surface area (Å²) in [5.74, 6) is -0.668. The van der Waals surface area contributed by atoms with E-state index < -0.39 is 15.8 Å². The largest absolute Gasteiger partial charge is 0.478 e. The van der Waals surface area contributed by atoms with Gasteiger partial charge in [-0.05, 0) is 13.0 Å². The summed E-state index contributed by atoms with van der Waals surface area (Å²) in [5, 5.41) is 13.0. The fraction of sp³-hybridized carbons (Fsp3) is 0.636. The van der Waals surface area contributed by atoms with Gasteiger partial charge in [0.2, 0.25) is 0 Å². The number of hydrogen-bond donors (Lipinski definition) is 1. The van der Waals surface area contributed by atoms with Gasteiger partial charge >= 0.3 is 5.97 Å². The average molecular weight is 287 g/mol. The zero-order valence-corrected chi connectivity index (χ0v) is 11.6. The zero-order chi connectivity index (χ0) is 14.0. The van der Waals surface area contributed by atoms with Crippen molar-refractivity contribution in [2.45, 2.75) is 13.0 Å². The molecule has 1 aromatic heterocycles. The third-order valence-corrected chi connectivity index (χ3v) is 5.03. The zero-order valence-electron chi connectivity index (χ0n) is 10.7. The van der Waals surface area contributed by atoms with E-state index in [0.717, 1.165) is 0 Å². The third-order valence-electron chi connectivity index (χ3n) is 3.31. The van der Waals surface area contributed by atoms with Crippen LogP contribution in [0.3, 0.4) is 0 Å². The summed E-state index contributed by atoms with van der Waals surface area (Å²) in [6, 6.07) is 0. The van der Waals surface area contributed by atoms with Gasteiger partial charge in [0, 0.05) is 20.1 Å². The molecule has 0 amide bonds. The lowest BCUT2D eigenvalue weighted by molar-refractivity contribution is 0.0694. The molecule has 8 heteroatoms.